The monoisotopic (exact) mass is 298 g/mol. The van der Waals surface area contributed by atoms with Crippen molar-refractivity contribution in [2.24, 2.45) is 5.92 Å². The molecule has 0 saturated carbocycles. The summed E-state index contributed by atoms with van der Waals surface area (Å²) in [6.07, 6.45) is 4.77. The summed E-state index contributed by atoms with van der Waals surface area (Å²) in [7, 11) is 0. The summed E-state index contributed by atoms with van der Waals surface area (Å²) in [5.41, 5.74) is 2.19. The summed E-state index contributed by atoms with van der Waals surface area (Å²) < 4.78 is 21.7. The third-order valence-corrected chi connectivity index (χ3v) is 4.45. The van der Waals surface area contributed by atoms with Gasteiger partial charge < -0.3 is 4.90 Å². The van der Waals surface area contributed by atoms with Gasteiger partial charge in [-0.25, -0.2) is 18.9 Å². The molecule has 2 rings (SSSR count). The second-order valence-corrected chi connectivity index (χ2v) is 6.06. The van der Waals surface area contributed by atoms with Crippen molar-refractivity contribution in [1.29, 1.82) is 0 Å². The summed E-state index contributed by atoms with van der Waals surface area (Å²) >= 11 is -1.89. The lowest BCUT2D eigenvalue weighted by atomic mass is 9.93. The molecule has 1 aliphatic heterocycles. The van der Waals surface area contributed by atoms with Gasteiger partial charge in [0.15, 0.2) is 0 Å². The van der Waals surface area contributed by atoms with Crippen LogP contribution in [0.4, 0.5) is 5.82 Å². The van der Waals surface area contributed by atoms with Crippen molar-refractivity contribution < 1.29 is 8.76 Å². The van der Waals surface area contributed by atoms with Crippen LogP contribution in [0.1, 0.15) is 30.5 Å². The van der Waals surface area contributed by atoms with Crippen LogP contribution in [-0.4, -0.2) is 38.4 Å². The molecule has 20 heavy (non-hydrogen) atoms. The highest BCUT2D eigenvalue weighted by atomic mass is 32.2. The zero-order valence-corrected chi connectivity index (χ0v) is 12.8. The summed E-state index contributed by atoms with van der Waals surface area (Å²) in [5.74, 6) is 1.66. The van der Waals surface area contributed by atoms with Gasteiger partial charge in [0, 0.05) is 30.9 Å². The quantitative estimate of drug-likeness (QED) is 0.804. The maximum absolute atomic E-state index is 10.5. The number of nitrogens with one attached hydrogen (secondary N) is 1. The van der Waals surface area contributed by atoms with Crippen molar-refractivity contribution >= 4 is 17.1 Å². The third kappa shape index (κ3) is 3.97. The van der Waals surface area contributed by atoms with Gasteiger partial charge in [-0.05, 0) is 39.0 Å². The maximum atomic E-state index is 10.5. The lowest BCUT2D eigenvalue weighted by Crippen LogP contribution is -2.35. The molecule has 0 aromatic carbocycles. The van der Waals surface area contributed by atoms with Crippen LogP contribution in [0.5, 0.6) is 0 Å². The van der Waals surface area contributed by atoms with Crippen LogP contribution in [0.15, 0.2) is 6.33 Å². The van der Waals surface area contributed by atoms with E-state index in [-0.39, 0.29) is 0 Å². The lowest BCUT2D eigenvalue weighted by molar-refractivity contribution is 0.379. The van der Waals surface area contributed by atoms with Gasteiger partial charge in [-0.3, -0.25) is 4.55 Å². The van der Waals surface area contributed by atoms with Crippen LogP contribution in [0.3, 0.4) is 0 Å². The minimum atomic E-state index is -1.89. The first kappa shape index (κ1) is 15.3. The van der Waals surface area contributed by atoms with Gasteiger partial charge in [-0.15, -0.1) is 0 Å². The molecule has 1 atom stereocenters. The number of aromatic nitrogens is 2. The predicted molar refractivity (Wildman–Crippen MR) is 79.8 cm³/mol. The Hall–Kier alpha value is -1.05. The van der Waals surface area contributed by atoms with E-state index in [0.29, 0.717) is 12.5 Å². The average molecular weight is 298 g/mol. The Labute approximate surface area is 122 Å². The minimum Gasteiger partial charge on any atom is -0.356 e. The van der Waals surface area contributed by atoms with E-state index in [4.69, 9.17) is 4.55 Å². The van der Waals surface area contributed by atoms with E-state index >= 15 is 0 Å². The van der Waals surface area contributed by atoms with E-state index in [9.17, 15) is 4.21 Å². The zero-order chi connectivity index (χ0) is 14.5. The van der Waals surface area contributed by atoms with E-state index in [2.05, 4.69) is 26.5 Å². The zero-order valence-electron chi connectivity index (χ0n) is 12.0. The van der Waals surface area contributed by atoms with Gasteiger partial charge >= 0.3 is 0 Å². The molecule has 7 heteroatoms. The molecular formula is C13H22N4O2S. The largest absolute Gasteiger partial charge is 0.356 e. The minimum absolute atomic E-state index is 0.597. The number of nitrogens with zero attached hydrogens (tertiary/aromatic N) is 3. The third-order valence-electron chi connectivity index (χ3n) is 4.00. The molecule has 1 unspecified atom stereocenters. The molecule has 1 aromatic heterocycles. The van der Waals surface area contributed by atoms with E-state index in [0.717, 1.165) is 49.4 Å². The summed E-state index contributed by atoms with van der Waals surface area (Å²) in [4.78, 5) is 10.9. The van der Waals surface area contributed by atoms with E-state index in [1.807, 2.05) is 6.92 Å². The first-order valence-corrected chi connectivity index (χ1v) is 8.06. The number of rotatable bonds is 5. The second kappa shape index (κ2) is 7.10. The molecule has 1 aliphatic rings. The topological polar surface area (TPSA) is 78.4 Å². The molecule has 1 saturated heterocycles. The summed E-state index contributed by atoms with van der Waals surface area (Å²) in [6.45, 7) is 6.65. The molecule has 2 heterocycles. The Morgan fingerprint density at radius 2 is 2.10 bits per heavy atom. The van der Waals surface area contributed by atoms with Crippen LogP contribution in [-0.2, 0) is 11.3 Å². The molecule has 1 fully saturated rings. The van der Waals surface area contributed by atoms with Crippen LogP contribution in [0, 0.1) is 19.8 Å². The van der Waals surface area contributed by atoms with Crippen molar-refractivity contribution in [3.8, 4) is 0 Å². The number of anilines is 1. The smallest absolute Gasteiger partial charge is 0.231 e. The molecular weight excluding hydrogens is 276 g/mol. The Kier molecular flexibility index (Phi) is 5.45. The number of hydrogen-bond acceptors (Lipinski definition) is 4. The molecule has 6 nitrogen and oxygen atoms in total. The molecule has 2 N–H and O–H groups in total. The van der Waals surface area contributed by atoms with Gasteiger partial charge in [0.25, 0.3) is 0 Å². The summed E-state index contributed by atoms with van der Waals surface area (Å²) in [6, 6.07) is 0. The molecule has 0 radical (unpaired) electrons. The molecule has 0 spiro atoms. The van der Waals surface area contributed by atoms with Gasteiger partial charge in [-0.2, -0.15) is 0 Å². The van der Waals surface area contributed by atoms with E-state index in [1.54, 1.807) is 6.33 Å². The van der Waals surface area contributed by atoms with Crippen molar-refractivity contribution in [2.45, 2.75) is 33.1 Å². The van der Waals surface area contributed by atoms with Gasteiger partial charge in [0.1, 0.15) is 12.1 Å². The van der Waals surface area contributed by atoms with E-state index in [1.165, 1.54) is 0 Å². The molecule has 0 aliphatic carbocycles. The van der Waals surface area contributed by atoms with Crippen LogP contribution >= 0.6 is 0 Å². The fourth-order valence-corrected chi connectivity index (χ4v) is 2.92. The van der Waals surface area contributed by atoms with E-state index < -0.39 is 11.3 Å². The number of piperidine rings is 1. The Morgan fingerprint density at radius 1 is 1.40 bits per heavy atom. The number of aryl methyl sites for hydroxylation is 1. The second-order valence-electron chi connectivity index (χ2n) is 5.27. The normalized spacial score (nSPS) is 18.2. The maximum Gasteiger partial charge on any atom is 0.231 e. The highest BCUT2D eigenvalue weighted by molar-refractivity contribution is 7.77. The van der Waals surface area contributed by atoms with Crippen molar-refractivity contribution in [3.05, 3.63) is 17.6 Å². The Bertz CT molecular complexity index is 475. The summed E-state index contributed by atoms with van der Waals surface area (Å²) in [5, 5.41) is 0. The van der Waals surface area contributed by atoms with Gasteiger partial charge in [-0.1, -0.05) is 0 Å². The highest BCUT2D eigenvalue weighted by Crippen LogP contribution is 2.26. The van der Waals surface area contributed by atoms with Gasteiger partial charge in [0.05, 0.1) is 0 Å². The Balaban J connectivity index is 1.85. The number of hydrogen-bond donors (Lipinski definition) is 2. The molecule has 0 amide bonds. The molecule has 0 bridgehead atoms. The lowest BCUT2D eigenvalue weighted by Gasteiger charge is -2.33. The predicted octanol–water partition coefficient (Wildman–Crippen LogP) is 1.43. The van der Waals surface area contributed by atoms with Crippen molar-refractivity contribution in [1.82, 2.24) is 14.7 Å². The standard InChI is InChI=1S/C13H22N4O2S/c1-10-11(2)14-9-15-13(10)17-7-4-12(5-8-17)3-6-16-20(18)19/h9,12,16H,3-8H2,1-2H3,(H,18,19). The fourth-order valence-electron chi connectivity index (χ4n) is 2.63. The average Bonchev–Trinajstić information content (AvgIpc) is 2.42. The SMILES string of the molecule is Cc1ncnc(N2CCC(CCNS(=O)O)CC2)c1C. The fraction of sp³-hybridized carbons (Fsp3) is 0.692. The molecule has 1 aromatic rings. The first-order valence-electron chi connectivity index (χ1n) is 6.95. The first-order chi connectivity index (χ1) is 9.58. The van der Waals surface area contributed by atoms with Crippen LogP contribution in [0.25, 0.3) is 0 Å². The van der Waals surface area contributed by atoms with Crippen molar-refractivity contribution in [2.75, 3.05) is 24.5 Å². The Morgan fingerprint density at radius 3 is 2.75 bits per heavy atom. The molecule has 112 valence electrons. The van der Waals surface area contributed by atoms with Gasteiger partial charge in [0.2, 0.25) is 11.3 Å². The van der Waals surface area contributed by atoms with Crippen LogP contribution < -0.4 is 9.62 Å². The van der Waals surface area contributed by atoms with Crippen LogP contribution in [0.2, 0.25) is 0 Å². The van der Waals surface area contributed by atoms with Crippen molar-refractivity contribution in [3.63, 3.8) is 0 Å². The highest BCUT2D eigenvalue weighted by Gasteiger charge is 2.21.